The number of piperazine rings is 1. The normalized spacial score (nSPS) is 16.5. The molecule has 10 heteroatoms. The van der Waals surface area contributed by atoms with E-state index in [1.54, 1.807) is 4.57 Å². The number of hydrogen-bond donors (Lipinski definition) is 0. The summed E-state index contributed by atoms with van der Waals surface area (Å²) in [5, 5.41) is 0.0563. The summed E-state index contributed by atoms with van der Waals surface area (Å²) in [6.45, 7) is 6.68. The third-order valence-electron chi connectivity index (χ3n) is 9.08. The number of esters is 2. The van der Waals surface area contributed by atoms with Gasteiger partial charge in [-0.3, -0.25) is 9.59 Å². The fourth-order valence-electron chi connectivity index (χ4n) is 6.27. The first-order chi connectivity index (χ1) is 21.8. The zero-order valence-electron chi connectivity index (χ0n) is 27.5. The lowest BCUT2D eigenvalue weighted by atomic mass is 10.0. The van der Waals surface area contributed by atoms with Crippen LogP contribution in [0.1, 0.15) is 120 Å². The Balaban J connectivity index is 1.23. The summed E-state index contributed by atoms with van der Waals surface area (Å²) < 4.78 is 33.6. The summed E-state index contributed by atoms with van der Waals surface area (Å²) >= 11 is 0. The largest absolute Gasteiger partial charge is 0.487 e. The molecule has 3 heterocycles. The molecule has 0 unspecified atom stereocenters. The first-order valence-corrected chi connectivity index (χ1v) is 17.1. The smallest absolute Gasteiger partial charge is 0.346 e. The second-order valence-corrected chi connectivity index (χ2v) is 12.7. The third kappa shape index (κ3) is 9.44. The molecule has 2 aliphatic heterocycles. The second-order valence-electron chi connectivity index (χ2n) is 12.7. The van der Waals surface area contributed by atoms with Crippen LogP contribution >= 0.6 is 0 Å². The van der Waals surface area contributed by atoms with Crippen LogP contribution in [0, 0.1) is 5.82 Å². The number of carbonyl (C=O) groups is 2. The Labute approximate surface area is 267 Å². The molecule has 250 valence electrons. The Bertz CT molecular complexity index is 1340. The Kier molecular flexibility index (Phi) is 13.5. The number of hydrogen-bond acceptors (Lipinski definition) is 8. The van der Waals surface area contributed by atoms with E-state index < -0.39 is 30.0 Å². The molecule has 1 aromatic carbocycles. The van der Waals surface area contributed by atoms with Crippen molar-refractivity contribution in [1.82, 2.24) is 9.47 Å². The highest BCUT2D eigenvalue weighted by Gasteiger charge is 2.31. The van der Waals surface area contributed by atoms with Gasteiger partial charge in [-0.2, -0.15) is 0 Å². The van der Waals surface area contributed by atoms with E-state index in [0.717, 1.165) is 32.4 Å². The molecule has 9 nitrogen and oxygen atoms in total. The SMILES string of the molecule is CCCCCCCCCCCCCCCC(=O)OCOC(=O)c1cn2c3c(c(N4CCN(C)CC4)c(F)cc3c1=O)OC[C@@H]2C. The van der Waals surface area contributed by atoms with Crippen LogP contribution < -0.4 is 15.1 Å². The fraction of sp³-hybridized carbons (Fsp3) is 0.686. The number of rotatable bonds is 18. The highest BCUT2D eigenvalue weighted by atomic mass is 19.1. The zero-order valence-corrected chi connectivity index (χ0v) is 27.5. The Hall–Kier alpha value is -3.14. The van der Waals surface area contributed by atoms with Crippen molar-refractivity contribution in [3.05, 3.63) is 33.9 Å². The Morgan fingerprint density at radius 2 is 1.51 bits per heavy atom. The molecule has 0 saturated carbocycles. The van der Waals surface area contributed by atoms with Crippen molar-refractivity contribution in [2.75, 3.05) is 51.5 Å². The summed E-state index contributed by atoms with van der Waals surface area (Å²) in [7, 11) is 2.02. The minimum Gasteiger partial charge on any atom is -0.487 e. The molecule has 0 aliphatic carbocycles. The fourth-order valence-corrected chi connectivity index (χ4v) is 6.27. The number of nitrogens with zero attached hydrogens (tertiary/aromatic N) is 3. The van der Waals surface area contributed by atoms with Gasteiger partial charge in [0.2, 0.25) is 12.2 Å². The minimum absolute atomic E-state index is 0.0563. The number of likely N-dealkylation sites (N-methyl/N-ethyl adjacent to an activating group) is 1. The number of ether oxygens (including phenoxy) is 3. The van der Waals surface area contributed by atoms with E-state index in [1.165, 1.54) is 76.5 Å². The first-order valence-electron chi connectivity index (χ1n) is 17.1. The summed E-state index contributed by atoms with van der Waals surface area (Å²) in [4.78, 5) is 42.6. The lowest BCUT2D eigenvalue weighted by Crippen LogP contribution is -2.45. The van der Waals surface area contributed by atoms with Crippen molar-refractivity contribution in [1.29, 1.82) is 0 Å². The lowest BCUT2D eigenvalue weighted by Gasteiger charge is -2.37. The molecule has 0 N–H and O–H groups in total. The molecule has 0 bridgehead atoms. The molecule has 0 spiro atoms. The van der Waals surface area contributed by atoms with Gasteiger partial charge in [0.25, 0.3) is 0 Å². The predicted molar refractivity (Wildman–Crippen MR) is 175 cm³/mol. The number of unbranched alkanes of at least 4 members (excludes halogenated alkanes) is 12. The van der Waals surface area contributed by atoms with Gasteiger partial charge in [-0.05, 0) is 26.5 Å². The molecule has 4 rings (SSSR count). The maximum absolute atomic E-state index is 15.5. The molecule has 1 saturated heterocycles. The van der Waals surface area contributed by atoms with Gasteiger partial charge in [0.1, 0.15) is 17.9 Å². The summed E-state index contributed by atoms with van der Waals surface area (Å²) in [5.41, 5.74) is -0.0648. The van der Waals surface area contributed by atoms with Gasteiger partial charge in [-0.15, -0.1) is 0 Å². The molecular weight excluding hydrogens is 577 g/mol. The molecule has 2 aliphatic rings. The van der Waals surface area contributed by atoms with Gasteiger partial charge in [0.15, 0.2) is 11.6 Å². The van der Waals surface area contributed by atoms with Gasteiger partial charge < -0.3 is 28.6 Å². The van der Waals surface area contributed by atoms with E-state index >= 15 is 4.39 Å². The summed E-state index contributed by atoms with van der Waals surface area (Å²) in [5.74, 6) is -1.59. The van der Waals surface area contributed by atoms with Crippen molar-refractivity contribution < 1.29 is 28.2 Å². The van der Waals surface area contributed by atoms with Crippen LogP contribution in [0.25, 0.3) is 10.9 Å². The van der Waals surface area contributed by atoms with Crippen molar-refractivity contribution in [3.8, 4) is 5.75 Å². The molecule has 1 aromatic heterocycles. The molecule has 0 radical (unpaired) electrons. The van der Waals surface area contributed by atoms with Gasteiger partial charge in [-0.25, -0.2) is 9.18 Å². The van der Waals surface area contributed by atoms with Crippen LogP contribution in [0.4, 0.5) is 10.1 Å². The number of pyridine rings is 1. The topological polar surface area (TPSA) is 90.3 Å². The van der Waals surface area contributed by atoms with E-state index in [2.05, 4.69) is 11.8 Å². The zero-order chi connectivity index (χ0) is 32.2. The van der Waals surface area contributed by atoms with Crippen LogP contribution in [0.2, 0.25) is 0 Å². The monoisotopic (exact) mass is 629 g/mol. The van der Waals surface area contributed by atoms with Gasteiger partial charge in [0.05, 0.1) is 16.9 Å². The molecule has 1 fully saturated rings. The van der Waals surface area contributed by atoms with Crippen molar-refractivity contribution in [2.24, 2.45) is 0 Å². The number of aromatic nitrogens is 1. The summed E-state index contributed by atoms with van der Waals surface area (Å²) in [6, 6.07) is 0.996. The highest BCUT2D eigenvalue weighted by molar-refractivity contribution is 5.98. The van der Waals surface area contributed by atoms with Crippen LogP contribution in [0.5, 0.6) is 5.75 Å². The van der Waals surface area contributed by atoms with Crippen molar-refractivity contribution >= 4 is 28.5 Å². The maximum Gasteiger partial charge on any atom is 0.346 e. The van der Waals surface area contributed by atoms with Crippen LogP contribution in [-0.4, -0.2) is 68.0 Å². The number of halogens is 1. The quantitative estimate of drug-likeness (QED) is 0.0991. The summed E-state index contributed by atoms with van der Waals surface area (Å²) in [6.07, 6.45) is 17.6. The molecule has 2 aromatic rings. The van der Waals surface area contributed by atoms with Crippen LogP contribution in [0.3, 0.4) is 0 Å². The molecule has 0 amide bonds. The van der Waals surface area contributed by atoms with Gasteiger partial charge >= 0.3 is 11.9 Å². The average Bonchev–Trinajstić information content (AvgIpc) is 3.02. The maximum atomic E-state index is 15.5. The second kappa shape index (κ2) is 17.5. The van der Waals surface area contributed by atoms with Crippen LogP contribution in [-0.2, 0) is 14.3 Å². The standard InChI is InChI=1S/C35H52FN3O6/c1-4-5-6-7-8-9-10-11-12-13-14-15-16-17-30(40)44-25-45-35(42)28-23-39-26(2)24-43-34-31(39)27(33(28)41)22-29(36)32(34)38-20-18-37(3)19-21-38/h22-23,26H,4-21,24-25H2,1-3H3/t26-/m0/s1. The average molecular weight is 630 g/mol. The Morgan fingerprint density at radius 1 is 0.911 bits per heavy atom. The number of benzene rings is 1. The van der Waals surface area contributed by atoms with Crippen LogP contribution in [0.15, 0.2) is 17.1 Å². The number of carbonyl (C=O) groups excluding carboxylic acids is 2. The van der Waals surface area contributed by atoms with E-state index in [1.807, 2.05) is 18.9 Å². The molecular formula is C35H52FN3O6. The van der Waals surface area contributed by atoms with E-state index in [0.29, 0.717) is 30.0 Å². The highest BCUT2D eigenvalue weighted by Crippen LogP contribution is 2.42. The van der Waals surface area contributed by atoms with E-state index in [4.69, 9.17) is 14.2 Å². The number of anilines is 1. The van der Waals surface area contributed by atoms with Gasteiger partial charge in [-0.1, -0.05) is 84.0 Å². The molecule has 45 heavy (non-hydrogen) atoms. The molecule has 1 atom stereocenters. The third-order valence-corrected chi connectivity index (χ3v) is 9.08. The minimum atomic E-state index is -0.914. The van der Waals surface area contributed by atoms with Crippen molar-refractivity contribution in [2.45, 2.75) is 110 Å². The Morgan fingerprint density at radius 3 is 2.13 bits per heavy atom. The van der Waals surface area contributed by atoms with Gasteiger partial charge in [0, 0.05) is 38.8 Å². The van der Waals surface area contributed by atoms with Crippen molar-refractivity contribution in [3.63, 3.8) is 0 Å². The van der Waals surface area contributed by atoms with E-state index in [-0.39, 0.29) is 30.0 Å². The van der Waals surface area contributed by atoms with E-state index in [9.17, 15) is 14.4 Å². The lowest BCUT2D eigenvalue weighted by molar-refractivity contribution is -0.152. The first kappa shape index (κ1) is 34.7. The predicted octanol–water partition coefficient (Wildman–Crippen LogP) is 6.98.